The maximum absolute atomic E-state index is 13.0. The molecule has 0 spiro atoms. The van der Waals surface area contributed by atoms with Crippen LogP contribution in [-0.2, 0) is 11.6 Å². The molecule has 1 heterocycles. The number of aromatic nitrogens is 2. The molecule has 0 atom stereocenters. The van der Waals surface area contributed by atoms with E-state index in [0.717, 1.165) is 16.8 Å². The number of hydrogen-bond donors (Lipinski definition) is 0. The first-order valence-electron chi connectivity index (χ1n) is 6.99. The fraction of sp³-hybridized carbons (Fsp3) is 0.118. The molecule has 0 unspecified atom stereocenters. The van der Waals surface area contributed by atoms with Gasteiger partial charge in [0.05, 0.1) is 11.4 Å². The number of benzene rings is 2. The summed E-state index contributed by atoms with van der Waals surface area (Å²) in [6.07, 6.45) is -2.58. The molecule has 0 saturated carbocycles. The summed E-state index contributed by atoms with van der Waals surface area (Å²) in [6, 6.07) is 18.5. The predicted molar refractivity (Wildman–Crippen MR) is 87.6 cm³/mol. The third-order valence-corrected chi connectivity index (χ3v) is 3.30. The Morgan fingerprint density at radius 2 is 1.58 bits per heavy atom. The average Bonchev–Trinajstić information content (AvgIpc) is 3.03. The molecule has 3 aromatic rings. The summed E-state index contributed by atoms with van der Waals surface area (Å²) in [5.41, 5.74) is 3.20. The predicted octanol–water partition coefficient (Wildman–Crippen LogP) is 4.12. The lowest BCUT2D eigenvalue weighted by molar-refractivity contribution is 0.145. The quantitative estimate of drug-likeness (QED) is 0.715. The van der Waals surface area contributed by atoms with Crippen LogP contribution >= 0.6 is 0 Å². The lowest BCUT2D eigenvalue weighted by Gasteiger charge is -2.07. The summed E-state index contributed by atoms with van der Waals surface area (Å²) < 4.78 is 44.1. The van der Waals surface area contributed by atoms with E-state index in [2.05, 4.69) is 5.10 Å². The van der Waals surface area contributed by atoms with Crippen LogP contribution in [0, 0.1) is 6.92 Å². The van der Waals surface area contributed by atoms with Gasteiger partial charge < -0.3 is 0 Å². The molecule has 0 fully saturated rings. The normalized spacial score (nSPS) is 10.2. The summed E-state index contributed by atoms with van der Waals surface area (Å²) >= 11 is -0.750. The maximum Gasteiger partial charge on any atom is 0.335 e. The van der Waals surface area contributed by atoms with Gasteiger partial charge in [-0.3, -0.25) is 0 Å². The molecule has 3 rings (SSSR count). The molecule has 0 saturated heterocycles. The molecule has 4 nitrogen and oxygen atoms in total. The van der Waals surface area contributed by atoms with Crippen LogP contribution in [0.15, 0.2) is 60.7 Å². The van der Waals surface area contributed by atoms with Gasteiger partial charge in [0.25, 0.3) is 6.43 Å². The molecule has 7 heteroatoms. The monoisotopic (exact) mass is 348 g/mol. The molecule has 124 valence electrons. The van der Waals surface area contributed by atoms with E-state index in [1.807, 2.05) is 61.5 Å². The third-order valence-electron chi connectivity index (χ3n) is 3.30. The highest BCUT2D eigenvalue weighted by atomic mass is 32.1. The number of nitrogens with zero attached hydrogens (tertiary/aromatic N) is 2. The van der Waals surface area contributed by atoms with Gasteiger partial charge in [0.2, 0.25) is 0 Å². The van der Waals surface area contributed by atoms with Crippen molar-refractivity contribution < 1.29 is 17.2 Å². The minimum Gasteiger partial charge on any atom is -0.233 e. The second-order valence-corrected chi connectivity index (χ2v) is 5.07. The number of halogens is 2. The number of rotatable bonds is 3. The lowest BCUT2D eigenvalue weighted by Crippen LogP contribution is -1.99. The van der Waals surface area contributed by atoms with E-state index >= 15 is 0 Å². The van der Waals surface area contributed by atoms with Gasteiger partial charge >= 0.3 is 11.6 Å². The second-order valence-electron chi connectivity index (χ2n) is 4.94. The molecular weight excluding hydrogens is 334 g/mol. The van der Waals surface area contributed by atoms with Gasteiger partial charge in [0.1, 0.15) is 5.69 Å². The van der Waals surface area contributed by atoms with Crippen molar-refractivity contribution in [3.8, 4) is 16.9 Å². The largest absolute Gasteiger partial charge is 0.335 e. The first kappa shape index (κ1) is 17.7. The molecule has 0 bridgehead atoms. The summed E-state index contributed by atoms with van der Waals surface area (Å²) in [5, 5.41) is 4.05. The van der Waals surface area contributed by atoms with Gasteiger partial charge in [0, 0.05) is 5.56 Å². The van der Waals surface area contributed by atoms with Crippen LogP contribution in [-0.4, -0.2) is 18.2 Å². The highest BCUT2D eigenvalue weighted by Gasteiger charge is 2.17. The third kappa shape index (κ3) is 4.20. The van der Waals surface area contributed by atoms with Crippen LogP contribution in [0.4, 0.5) is 8.78 Å². The van der Waals surface area contributed by atoms with E-state index in [1.54, 1.807) is 4.68 Å². The van der Waals surface area contributed by atoms with Crippen molar-refractivity contribution in [2.45, 2.75) is 13.3 Å². The summed E-state index contributed by atoms with van der Waals surface area (Å²) in [4.78, 5) is 0. The van der Waals surface area contributed by atoms with E-state index in [4.69, 9.17) is 8.42 Å². The van der Waals surface area contributed by atoms with Gasteiger partial charge in [-0.2, -0.15) is 13.5 Å². The topological polar surface area (TPSA) is 52.0 Å². The highest BCUT2D eigenvalue weighted by Crippen LogP contribution is 2.28. The van der Waals surface area contributed by atoms with Crippen LogP contribution < -0.4 is 0 Å². The van der Waals surface area contributed by atoms with Crippen molar-refractivity contribution in [1.82, 2.24) is 9.78 Å². The number of para-hydroxylation sites is 1. The minimum atomic E-state index is -2.58. The molecule has 0 aliphatic heterocycles. The van der Waals surface area contributed by atoms with Crippen molar-refractivity contribution in [3.63, 3.8) is 0 Å². The zero-order valence-electron chi connectivity index (χ0n) is 12.7. The Morgan fingerprint density at radius 1 is 1.00 bits per heavy atom. The van der Waals surface area contributed by atoms with Crippen LogP contribution in [0.3, 0.4) is 0 Å². The fourth-order valence-electron chi connectivity index (χ4n) is 2.20. The maximum atomic E-state index is 13.0. The van der Waals surface area contributed by atoms with Crippen molar-refractivity contribution in [2.75, 3.05) is 0 Å². The van der Waals surface area contributed by atoms with Gasteiger partial charge in [-0.05, 0) is 25.1 Å². The average molecular weight is 348 g/mol. The first-order chi connectivity index (χ1) is 11.6. The second kappa shape index (κ2) is 8.26. The van der Waals surface area contributed by atoms with Gasteiger partial charge in [-0.25, -0.2) is 13.5 Å². The standard InChI is InChI=1S/C17H14F2N2.O2S/c1-12-7-9-13(10-8-12)16-11-15(17(18)19)20-21(16)14-5-3-2-4-6-14;1-3-2/h2-11,17H,1H3;. The molecular formula is C17H14F2N2O2S. The molecule has 1 aromatic heterocycles. The van der Waals surface area contributed by atoms with Crippen molar-refractivity contribution in [3.05, 3.63) is 71.9 Å². The summed E-state index contributed by atoms with van der Waals surface area (Å²) in [7, 11) is 0. The van der Waals surface area contributed by atoms with E-state index in [1.165, 1.54) is 6.07 Å². The van der Waals surface area contributed by atoms with E-state index in [-0.39, 0.29) is 5.69 Å². The Hall–Kier alpha value is -2.67. The van der Waals surface area contributed by atoms with Crippen LogP contribution in [0.25, 0.3) is 16.9 Å². The molecule has 24 heavy (non-hydrogen) atoms. The Morgan fingerprint density at radius 3 is 2.12 bits per heavy atom. The van der Waals surface area contributed by atoms with Crippen LogP contribution in [0.2, 0.25) is 0 Å². The van der Waals surface area contributed by atoms with Crippen molar-refractivity contribution >= 4 is 11.6 Å². The molecule has 0 N–H and O–H groups in total. The molecule has 2 aromatic carbocycles. The van der Waals surface area contributed by atoms with Crippen LogP contribution in [0.5, 0.6) is 0 Å². The molecule has 0 aliphatic rings. The minimum absolute atomic E-state index is 0.213. The van der Waals surface area contributed by atoms with E-state index in [9.17, 15) is 8.78 Å². The summed E-state index contributed by atoms with van der Waals surface area (Å²) in [6.45, 7) is 1.99. The van der Waals surface area contributed by atoms with E-state index < -0.39 is 18.0 Å². The SMILES string of the molecule is Cc1ccc(-c2cc(C(F)F)nn2-c2ccccc2)cc1.O=S=O. The number of aryl methyl sites for hydroxylation is 1. The smallest absolute Gasteiger partial charge is 0.233 e. The first-order valence-corrected chi connectivity index (χ1v) is 7.66. The molecule has 0 radical (unpaired) electrons. The van der Waals surface area contributed by atoms with Crippen molar-refractivity contribution in [2.24, 2.45) is 0 Å². The van der Waals surface area contributed by atoms with Gasteiger partial charge in [-0.1, -0.05) is 48.0 Å². The molecule has 0 aliphatic carbocycles. The van der Waals surface area contributed by atoms with Gasteiger partial charge in [-0.15, -0.1) is 0 Å². The molecule has 0 amide bonds. The van der Waals surface area contributed by atoms with Crippen molar-refractivity contribution in [1.29, 1.82) is 0 Å². The lowest BCUT2D eigenvalue weighted by atomic mass is 10.1. The zero-order valence-corrected chi connectivity index (χ0v) is 13.5. The van der Waals surface area contributed by atoms with E-state index in [0.29, 0.717) is 5.69 Å². The Bertz CT molecular complexity index is 828. The van der Waals surface area contributed by atoms with Crippen LogP contribution in [0.1, 0.15) is 17.7 Å². The zero-order chi connectivity index (χ0) is 17.5. The Balaban J connectivity index is 0.000000647. The Kier molecular flexibility index (Phi) is 6.08. The Labute approximate surface area is 141 Å². The summed E-state index contributed by atoms with van der Waals surface area (Å²) in [5.74, 6) is 0. The number of hydrogen-bond acceptors (Lipinski definition) is 3. The number of alkyl halides is 2. The fourth-order valence-corrected chi connectivity index (χ4v) is 2.20. The van der Waals surface area contributed by atoms with Gasteiger partial charge in [0.15, 0.2) is 0 Å². The highest BCUT2D eigenvalue weighted by molar-refractivity contribution is 7.51.